The summed E-state index contributed by atoms with van der Waals surface area (Å²) in [5, 5.41) is 3.58. The summed E-state index contributed by atoms with van der Waals surface area (Å²) in [7, 11) is 0. The van der Waals surface area contributed by atoms with Crippen molar-refractivity contribution in [2.75, 3.05) is 18.0 Å². The second kappa shape index (κ2) is 8.42. The van der Waals surface area contributed by atoms with Gasteiger partial charge in [-0.15, -0.1) is 0 Å². The fourth-order valence-electron chi connectivity index (χ4n) is 2.72. The molecule has 0 heterocycles. The molecule has 1 aliphatic rings. The molecule has 0 unspecified atom stereocenters. The first kappa shape index (κ1) is 17.1. The van der Waals surface area contributed by atoms with Gasteiger partial charge < -0.3 is 15.0 Å². The van der Waals surface area contributed by atoms with Gasteiger partial charge in [-0.25, -0.2) is 0 Å². The van der Waals surface area contributed by atoms with E-state index in [1.54, 1.807) is 0 Å². The third kappa shape index (κ3) is 5.20. The van der Waals surface area contributed by atoms with Crippen molar-refractivity contribution >= 4 is 5.69 Å². The maximum absolute atomic E-state index is 6.11. The van der Waals surface area contributed by atoms with E-state index in [0.717, 1.165) is 44.3 Å². The average molecular weight is 304 g/mol. The van der Waals surface area contributed by atoms with E-state index in [9.17, 15) is 0 Å². The Hall–Kier alpha value is -1.22. The van der Waals surface area contributed by atoms with Crippen LogP contribution in [0, 0.1) is 0 Å². The summed E-state index contributed by atoms with van der Waals surface area (Å²) in [5.74, 6) is 1.03. The molecule has 0 saturated heterocycles. The van der Waals surface area contributed by atoms with Crippen LogP contribution in [0.3, 0.4) is 0 Å². The zero-order valence-corrected chi connectivity index (χ0v) is 14.7. The van der Waals surface area contributed by atoms with Crippen molar-refractivity contribution in [2.45, 2.75) is 72.1 Å². The molecule has 2 rings (SSSR count). The van der Waals surface area contributed by atoms with Crippen LogP contribution in [0.4, 0.5) is 5.69 Å². The molecule has 124 valence electrons. The van der Waals surface area contributed by atoms with Crippen molar-refractivity contribution in [1.29, 1.82) is 0 Å². The quantitative estimate of drug-likeness (QED) is 0.695. The van der Waals surface area contributed by atoms with E-state index in [4.69, 9.17) is 4.74 Å². The molecule has 1 aromatic carbocycles. The third-order valence-corrected chi connectivity index (χ3v) is 3.89. The van der Waals surface area contributed by atoms with E-state index in [-0.39, 0.29) is 6.10 Å². The monoisotopic (exact) mass is 304 g/mol. The average Bonchev–Trinajstić information content (AvgIpc) is 3.29. The van der Waals surface area contributed by atoms with Gasteiger partial charge in [0.1, 0.15) is 5.75 Å². The summed E-state index contributed by atoms with van der Waals surface area (Å²) >= 11 is 0. The Balaban J connectivity index is 2.17. The number of rotatable bonds is 10. The van der Waals surface area contributed by atoms with Gasteiger partial charge in [0.15, 0.2) is 0 Å². The predicted molar refractivity (Wildman–Crippen MR) is 94.9 cm³/mol. The van der Waals surface area contributed by atoms with Gasteiger partial charge in [-0.1, -0.05) is 19.9 Å². The molecule has 3 heteroatoms. The van der Waals surface area contributed by atoms with Gasteiger partial charge in [-0.05, 0) is 57.2 Å². The lowest BCUT2D eigenvalue weighted by molar-refractivity contribution is 0.242. The Labute approximate surface area is 136 Å². The van der Waals surface area contributed by atoms with Crippen LogP contribution in [-0.2, 0) is 6.54 Å². The van der Waals surface area contributed by atoms with E-state index >= 15 is 0 Å². The van der Waals surface area contributed by atoms with Crippen LogP contribution in [0.25, 0.3) is 0 Å². The van der Waals surface area contributed by atoms with E-state index in [1.165, 1.54) is 24.1 Å². The maximum atomic E-state index is 6.11. The van der Waals surface area contributed by atoms with Gasteiger partial charge >= 0.3 is 0 Å². The first-order valence-corrected chi connectivity index (χ1v) is 8.92. The van der Waals surface area contributed by atoms with Crippen LogP contribution in [0.1, 0.15) is 58.9 Å². The number of hydrogen-bond acceptors (Lipinski definition) is 3. The van der Waals surface area contributed by atoms with Gasteiger partial charge in [-0.3, -0.25) is 0 Å². The van der Waals surface area contributed by atoms with Gasteiger partial charge in [0.2, 0.25) is 0 Å². The first-order valence-electron chi connectivity index (χ1n) is 8.92. The summed E-state index contributed by atoms with van der Waals surface area (Å²) in [6.45, 7) is 11.8. The van der Waals surface area contributed by atoms with Crippen LogP contribution >= 0.6 is 0 Å². The predicted octanol–water partition coefficient (Wildman–Crippen LogP) is 4.35. The van der Waals surface area contributed by atoms with Crippen molar-refractivity contribution in [1.82, 2.24) is 5.32 Å². The molecule has 0 radical (unpaired) electrons. The Kier molecular flexibility index (Phi) is 6.56. The molecule has 22 heavy (non-hydrogen) atoms. The lowest BCUT2D eigenvalue weighted by atomic mass is 10.1. The third-order valence-electron chi connectivity index (χ3n) is 3.89. The second-order valence-electron chi connectivity index (χ2n) is 6.61. The van der Waals surface area contributed by atoms with Crippen molar-refractivity contribution in [3.05, 3.63) is 23.8 Å². The SMILES string of the molecule is CCCN(CCC)c1ccc(CNC2CC2)cc1OC(C)C. The summed E-state index contributed by atoms with van der Waals surface area (Å²) in [5.41, 5.74) is 2.56. The zero-order chi connectivity index (χ0) is 15.9. The van der Waals surface area contributed by atoms with Gasteiger partial charge in [-0.2, -0.15) is 0 Å². The Bertz CT molecular complexity index is 449. The molecular formula is C19H32N2O. The van der Waals surface area contributed by atoms with Crippen molar-refractivity contribution in [2.24, 2.45) is 0 Å². The fourth-order valence-corrected chi connectivity index (χ4v) is 2.72. The molecule has 0 aromatic heterocycles. The second-order valence-corrected chi connectivity index (χ2v) is 6.61. The standard InChI is InChI=1S/C19H32N2O/c1-5-11-21(12-6-2)18-10-7-16(14-20-17-8-9-17)13-19(18)22-15(3)4/h7,10,13,15,17,20H,5-6,8-9,11-12,14H2,1-4H3. The largest absolute Gasteiger partial charge is 0.489 e. The molecule has 1 aromatic rings. The minimum atomic E-state index is 0.204. The minimum Gasteiger partial charge on any atom is -0.489 e. The van der Waals surface area contributed by atoms with Gasteiger partial charge in [0.05, 0.1) is 11.8 Å². The Morgan fingerprint density at radius 1 is 1.18 bits per heavy atom. The first-order chi connectivity index (χ1) is 10.6. The molecule has 0 amide bonds. The lowest BCUT2D eigenvalue weighted by Crippen LogP contribution is -2.26. The molecule has 1 saturated carbocycles. The lowest BCUT2D eigenvalue weighted by Gasteiger charge is -2.27. The molecule has 0 bridgehead atoms. The highest BCUT2D eigenvalue weighted by Gasteiger charge is 2.20. The van der Waals surface area contributed by atoms with Crippen LogP contribution in [-0.4, -0.2) is 25.2 Å². The normalized spacial score (nSPS) is 14.4. The Morgan fingerprint density at radius 2 is 1.86 bits per heavy atom. The Morgan fingerprint density at radius 3 is 2.41 bits per heavy atom. The topological polar surface area (TPSA) is 24.5 Å². The van der Waals surface area contributed by atoms with Crippen molar-refractivity contribution in [3.63, 3.8) is 0 Å². The summed E-state index contributed by atoms with van der Waals surface area (Å²) in [6.07, 6.45) is 5.18. The molecule has 3 nitrogen and oxygen atoms in total. The summed E-state index contributed by atoms with van der Waals surface area (Å²) in [4.78, 5) is 2.45. The van der Waals surface area contributed by atoms with E-state index in [1.807, 2.05) is 0 Å². The van der Waals surface area contributed by atoms with Crippen LogP contribution < -0.4 is 15.0 Å². The molecule has 0 atom stereocenters. The molecular weight excluding hydrogens is 272 g/mol. The molecule has 0 aliphatic heterocycles. The molecule has 1 fully saturated rings. The number of ether oxygens (including phenoxy) is 1. The molecule has 0 spiro atoms. The number of anilines is 1. The number of hydrogen-bond donors (Lipinski definition) is 1. The van der Waals surface area contributed by atoms with Gasteiger partial charge in [0, 0.05) is 25.7 Å². The number of nitrogens with one attached hydrogen (secondary N) is 1. The van der Waals surface area contributed by atoms with E-state index < -0.39 is 0 Å². The van der Waals surface area contributed by atoms with Crippen LogP contribution in [0.15, 0.2) is 18.2 Å². The molecule has 1 N–H and O–H groups in total. The highest BCUT2D eigenvalue weighted by Crippen LogP contribution is 2.31. The van der Waals surface area contributed by atoms with Gasteiger partial charge in [0.25, 0.3) is 0 Å². The fraction of sp³-hybridized carbons (Fsp3) is 0.684. The minimum absolute atomic E-state index is 0.204. The van der Waals surface area contributed by atoms with E-state index in [2.05, 4.69) is 56.1 Å². The highest BCUT2D eigenvalue weighted by molar-refractivity contribution is 5.60. The van der Waals surface area contributed by atoms with Crippen LogP contribution in [0.5, 0.6) is 5.75 Å². The summed E-state index contributed by atoms with van der Waals surface area (Å²) in [6, 6.07) is 7.46. The highest BCUT2D eigenvalue weighted by atomic mass is 16.5. The van der Waals surface area contributed by atoms with E-state index in [0.29, 0.717) is 0 Å². The van der Waals surface area contributed by atoms with Crippen LogP contribution in [0.2, 0.25) is 0 Å². The summed E-state index contributed by atoms with van der Waals surface area (Å²) < 4.78 is 6.11. The zero-order valence-electron chi connectivity index (χ0n) is 14.7. The number of nitrogens with zero attached hydrogens (tertiary/aromatic N) is 1. The molecule has 1 aliphatic carbocycles. The number of benzene rings is 1. The smallest absolute Gasteiger partial charge is 0.143 e. The van der Waals surface area contributed by atoms with Crippen molar-refractivity contribution < 1.29 is 4.74 Å². The maximum Gasteiger partial charge on any atom is 0.143 e. The van der Waals surface area contributed by atoms with Crippen molar-refractivity contribution in [3.8, 4) is 5.75 Å².